The SMILES string of the molecule is CCc1nc(C2(N)CC(C(C)C)C2)no1. The Kier molecular flexibility index (Phi) is 2.54. The number of aryl methyl sites for hydroxylation is 1. The fraction of sp³-hybridized carbons (Fsp3) is 0.818. The van der Waals surface area contributed by atoms with Crippen molar-refractivity contribution in [2.75, 3.05) is 0 Å². The summed E-state index contributed by atoms with van der Waals surface area (Å²) in [6.07, 6.45) is 2.73. The van der Waals surface area contributed by atoms with E-state index in [1.807, 2.05) is 6.92 Å². The standard InChI is InChI=1S/C11H19N3O/c1-4-9-13-10(14-15-9)11(12)5-8(6-11)7(2)3/h7-8H,4-6,12H2,1-3H3. The molecule has 2 N–H and O–H groups in total. The van der Waals surface area contributed by atoms with Crippen LogP contribution in [0.2, 0.25) is 0 Å². The highest BCUT2D eigenvalue weighted by atomic mass is 16.5. The number of hydrogen-bond donors (Lipinski definition) is 1. The van der Waals surface area contributed by atoms with Crippen LogP contribution in [0.4, 0.5) is 0 Å². The third kappa shape index (κ3) is 1.78. The van der Waals surface area contributed by atoms with Gasteiger partial charge in [0.25, 0.3) is 0 Å². The molecule has 15 heavy (non-hydrogen) atoms. The van der Waals surface area contributed by atoms with E-state index in [2.05, 4.69) is 24.0 Å². The summed E-state index contributed by atoms with van der Waals surface area (Å²) in [4.78, 5) is 4.31. The van der Waals surface area contributed by atoms with Crippen LogP contribution >= 0.6 is 0 Å². The van der Waals surface area contributed by atoms with E-state index in [1.165, 1.54) is 0 Å². The lowest BCUT2D eigenvalue weighted by molar-refractivity contribution is 0.0945. The lowest BCUT2D eigenvalue weighted by atomic mass is 9.64. The lowest BCUT2D eigenvalue weighted by Crippen LogP contribution is -2.51. The van der Waals surface area contributed by atoms with Crippen LogP contribution in [0.5, 0.6) is 0 Å². The maximum absolute atomic E-state index is 6.24. The number of hydrogen-bond acceptors (Lipinski definition) is 4. The van der Waals surface area contributed by atoms with Crippen LogP contribution < -0.4 is 5.73 Å². The van der Waals surface area contributed by atoms with Crippen LogP contribution in [0.15, 0.2) is 4.52 Å². The average molecular weight is 209 g/mol. The Morgan fingerprint density at radius 1 is 1.53 bits per heavy atom. The van der Waals surface area contributed by atoms with E-state index < -0.39 is 0 Å². The second-order valence-corrected chi connectivity index (χ2v) is 4.93. The number of nitrogens with two attached hydrogens (primary N) is 1. The molecule has 1 aromatic heterocycles. The van der Waals surface area contributed by atoms with Crippen molar-refractivity contribution < 1.29 is 4.52 Å². The van der Waals surface area contributed by atoms with Crippen LogP contribution in [0.1, 0.15) is 45.3 Å². The molecule has 0 radical (unpaired) electrons. The average Bonchev–Trinajstić information content (AvgIpc) is 2.60. The Labute approximate surface area is 90.2 Å². The molecule has 0 amide bonds. The molecule has 1 saturated carbocycles. The predicted molar refractivity (Wildman–Crippen MR) is 57.1 cm³/mol. The molecule has 0 spiro atoms. The highest BCUT2D eigenvalue weighted by Gasteiger charge is 2.46. The summed E-state index contributed by atoms with van der Waals surface area (Å²) in [5.74, 6) is 2.77. The second-order valence-electron chi connectivity index (χ2n) is 4.93. The maximum atomic E-state index is 6.24. The third-order valence-corrected chi connectivity index (χ3v) is 3.41. The Morgan fingerprint density at radius 2 is 2.20 bits per heavy atom. The normalized spacial score (nSPS) is 30.6. The number of aromatic nitrogens is 2. The van der Waals surface area contributed by atoms with Gasteiger partial charge < -0.3 is 10.3 Å². The molecule has 1 aromatic rings. The molecule has 1 heterocycles. The van der Waals surface area contributed by atoms with Crippen molar-refractivity contribution in [3.05, 3.63) is 11.7 Å². The summed E-state index contributed by atoms with van der Waals surface area (Å²) in [6.45, 7) is 6.47. The topological polar surface area (TPSA) is 64.9 Å². The largest absolute Gasteiger partial charge is 0.339 e. The fourth-order valence-corrected chi connectivity index (χ4v) is 2.13. The lowest BCUT2D eigenvalue weighted by Gasteiger charge is -2.44. The minimum Gasteiger partial charge on any atom is -0.339 e. The van der Waals surface area contributed by atoms with E-state index in [1.54, 1.807) is 0 Å². The molecule has 0 aliphatic heterocycles. The van der Waals surface area contributed by atoms with Crippen LogP contribution in [0.3, 0.4) is 0 Å². The van der Waals surface area contributed by atoms with Crippen molar-refractivity contribution in [3.63, 3.8) is 0 Å². The van der Waals surface area contributed by atoms with Gasteiger partial charge in [-0.25, -0.2) is 0 Å². The quantitative estimate of drug-likeness (QED) is 0.825. The molecule has 0 saturated heterocycles. The molecule has 4 heteroatoms. The summed E-state index contributed by atoms with van der Waals surface area (Å²) in [6, 6.07) is 0. The van der Waals surface area contributed by atoms with E-state index in [-0.39, 0.29) is 5.54 Å². The van der Waals surface area contributed by atoms with E-state index >= 15 is 0 Å². The van der Waals surface area contributed by atoms with Gasteiger partial charge in [-0.3, -0.25) is 0 Å². The highest BCUT2D eigenvalue weighted by Crippen LogP contribution is 2.45. The van der Waals surface area contributed by atoms with Crippen LogP contribution in [0, 0.1) is 11.8 Å². The third-order valence-electron chi connectivity index (χ3n) is 3.41. The minimum absolute atomic E-state index is 0.328. The van der Waals surface area contributed by atoms with Crippen molar-refractivity contribution in [3.8, 4) is 0 Å². The van der Waals surface area contributed by atoms with E-state index in [4.69, 9.17) is 10.3 Å². The van der Waals surface area contributed by atoms with Crippen LogP contribution in [0.25, 0.3) is 0 Å². The van der Waals surface area contributed by atoms with Crippen molar-refractivity contribution >= 4 is 0 Å². The van der Waals surface area contributed by atoms with Gasteiger partial charge in [-0.15, -0.1) is 0 Å². The monoisotopic (exact) mass is 209 g/mol. The zero-order valence-corrected chi connectivity index (χ0v) is 9.66. The van der Waals surface area contributed by atoms with Gasteiger partial charge in [0.15, 0.2) is 5.82 Å². The molecular weight excluding hydrogens is 190 g/mol. The number of nitrogens with zero attached hydrogens (tertiary/aromatic N) is 2. The maximum Gasteiger partial charge on any atom is 0.226 e. The van der Waals surface area contributed by atoms with E-state index in [0.717, 1.165) is 19.3 Å². The molecule has 84 valence electrons. The Bertz CT molecular complexity index is 339. The van der Waals surface area contributed by atoms with Gasteiger partial charge >= 0.3 is 0 Å². The van der Waals surface area contributed by atoms with Crippen molar-refractivity contribution in [1.29, 1.82) is 0 Å². The molecular formula is C11H19N3O. The summed E-state index contributed by atoms with van der Waals surface area (Å²) in [7, 11) is 0. The van der Waals surface area contributed by atoms with Gasteiger partial charge in [-0.2, -0.15) is 4.98 Å². The highest BCUT2D eigenvalue weighted by molar-refractivity contribution is 5.11. The summed E-state index contributed by atoms with van der Waals surface area (Å²) in [5.41, 5.74) is 5.91. The number of rotatable bonds is 3. The molecule has 1 fully saturated rings. The smallest absolute Gasteiger partial charge is 0.226 e. The van der Waals surface area contributed by atoms with Crippen molar-refractivity contribution in [2.24, 2.45) is 17.6 Å². The first kappa shape index (κ1) is 10.6. The molecule has 0 aromatic carbocycles. The zero-order chi connectivity index (χ0) is 11.1. The first-order chi connectivity index (χ1) is 7.05. The molecule has 1 aliphatic rings. The first-order valence-corrected chi connectivity index (χ1v) is 5.67. The second kappa shape index (κ2) is 3.59. The van der Waals surface area contributed by atoms with Gasteiger partial charge in [0.05, 0.1) is 5.54 Å². The van der Waals surface area contributed by atoms with Crippen molar-refractivity contribution in [2.45, 2.75) is 45.6 Å². The summed E-state index contributed by atoms with van der Waals surface area (Å²) < 4.78 is 5.09. The molecule has 1 aliphatic carbocycles. The van der Waals surface area contributed by atoms with E-state index in [0.29, 0.717) is 23.6 Å². The molecule has 4 nitrogen and oxygen atoms in total. The summed E-state index contributed by atoms with van der Waals surface area (Å²) >= 11 is 0. The van der Waals surface area contributed by atoms with E-state index in [9.17, 15) is 0 Å². The first-order valence-electron chi connectivity index (χ1n) is 5.67. The van der Waals surface area contributed by atoms with Gasteiger partial charge in [0, 0.05) is 6.42 Å². The molecule has 0 bridgehead atoms. The Morgan fingerprint density at radius 3 is 2.67 bits per heavy atom. The molecule has 0 atom stereocenters. The molecule has 0 unspecified atom stereocenters. The van der Waals surface area contributed by atoms with Gasteiger partial charge in [0.2, 0.25) is 5.89 Å². The molecule has 2 rings (SSSR count). The van der Waals surface area contributed by atoms with Gasteiger partial charge in [0.1, 0.15) is 0 Å². The van der Waals surface area contributed by atoms with Gasteiger partial charge in [-0.05, 0) is 24.7 Å². The predicted octanol–water partition coefficient (Wildman–Crippen LogP) is 1.85. The van der Waals surface area contributed by atoms with Crippen LogP contribution in [-0.2, 0) is 12.0 Å². The van der Waals surface area contributed by atoms with Crippen molar-refractivity contribution in [1.82, 2.24) is 10.1 Å². The Hall–Kier alpha value is -0.900. The zero-order valence-electron chi connectivity index (χ0n) is 9.66. The minimum atomic E-state index is -0.328. The summed E-state index contributed by atoms with van der Waals surface area (Å²) in [5, 5.41) is 3.96. The van der Waals surface area contributed by atoms with Crippen LogP contribution in [-0.4, -0.2) is 10.1 Å². The van der Waals surface area contributed by atoms with Gasteiger partial charge in [-0.1, -0.05) is 25.9 Å². The fourth-order valence-electron chi connectivity index (χ4n) is 2.13. The Balaban J connectivity index is 2.06.